The fraction of sp³-hybridized carbons (Fsp3) is 0.625. The maximum absolute atomic E-state index is 6.28. The van der Waals surface area contributed by atoms with Crippen LogP contribution in [-0.4, -0.2) is 56.9 Å². The van der Waals surface area contributed by atoms with E-state index in [1.165, 1.54) is 0 Å². The molecule has 0 aliphatic carbocycles. The molecule has 5 heteroatoms. The van der Waals surface area contributed by atoms with Crippen molar-refractivity contribution in [1.29, 1.82) is 0 Å². The predicted octanol–water partition coefficient (Wildman–Crippen LogP) is 1.83. The molecule has 2 N–H and O–H groups in total. The molecule has 0 radical (unpaired) electrons. The van der Waals surface area contributed by atoms with Gasteiger partial charge >= 0.3 is 0 Å². The van der Waals surface area contributed by atoms with Crippen LogP contribution in [0.15, 0.2) is 24.3 Å². The number of nitrogens with zero attached hydrogens (tertiary/aromatic N) is 2. The maximum atomic E-state index is 6.28. The van der Waals surface area contributed by atoms with Gasteiger partial charge < -0.3 is 15.4 Å². The number of halogens is 1. The Morgan fingerprint density at radius 2 is 1.95 bits per heavy atom. The van der Waals surface area contributed by atoms with Crippen LogP contribution in [0.4, 0.5) is 5.69 Å². The minimum absolute atomic E-state index is 0.292. The molecule has 116 valence electrons. The third kappa shape index (κ3) is 3.69. The summed E-state index contributed by atoms with van der Waals surface area (Å²) in [6, 6.07) is 8.38. The van der Waals surface area contributed by atoms with Gasteiger partial charge in [0.25, 0.3) is 0 Å². The summed E-state index contributed by atoms with van der Waals surface area (Å²) in [4.78, 5) is 4.88. The molecule has 2 atom stereocenters. The molecule has 1 aromatic carbocycles. The Kier molecular flexibility index (Phi) is 5.01. The fourth-order valence-corrected chi connectivity index (χ4v) is 3.47. The van der Waals surface area contributed by atoms with E-state index < -0.39 is 0 Å². The number of hydrogen-bond acceptors (Lipinski definition) is 4. The highest BCUT2D eigenvalue weighted by Gasteiger charge is 2.26. The number of ether oxygens (including phenoxy) is 1. The van der Waals surface area contributed by atoms with E-state index in [-0.39, 0.29) is 0 Å². The number of nitrogens with two attached hydrogens (primary N) is 1. The molecule has 2 saturated heterocycles. The highest BCUT2D eigenvalue weighted by molar-refractivity contribution is 6.33. The predicted molar refractivity (Wildman–Crippen MR) is 87.0 cm³/mol. The summed E-state index contributed by atoms with van der Waals surface area (Å²) in [5.74, 6) is 0.477. The van der Waals surface area contributed by atoms with Crippen molar-refractivity contribution in [3.05, 3.63) is 29.3 Å². The zero-order valence-corrected chi connectivity index (χ0v) is 13.1. The van der Waals surface area contributed by atoms with Crippen LogP contribution in [0.1, 0.15) is 6.42 Å². The van der Waals surface area contributed by atoms with Crippen molar-refractivity contribution in [2.45, 2.75) is 12.5 Å². The zero-order chi connectivity index (χ0) is 14.7. The number of para-hydroxylation sites is 1. The average Bonchev–Trinajstić information content (AvgIpc) is 2.51. The molecule has 0 spiro atoms. The van der Waals surface area contributed by atoms with Crippen LogP contribution >= 0.6 is 11.6 Å². The number of rotatable bonds is 3. The lowest BCUT2D eigenvalue weighted by atomic mass is 9.96. The Labute approximate surface area is 131 Å². The average molecular weight is 310 g/mol. The quantitative estimate of drug-likeness (QED) is 0.925. The van der Waals surface area contributed by atoms with Crippen LogP contribution < -0.4 is 10.6 Å². The zero-order valence-electron chi connectivity index (χ0n) is 12.4. The molecule has 2 unspecified atom stereocenters. The minimum atomic E-state index is 0.292. The second kappa shape index (κ2) is 6.97. The summed E-state index contributed by atoms with van der Waals surface area (Å²) in [5, 5.41) is 0.841. The Balaban J connectivity index is 1.52. The number of hydrogen-bond donors (Lipinski definition) is 1. The summed E-state index contributed by atoms with van der Waals surface area (Å²) in [7, 11) is 0. The Bertz CT molecular complexity index is 463. The Morgan fingerprint density at radius 1 is 1.19 bits per heavy atom. The van der Waals surface area contributed by atoms with Gasteiger partial charge in [-0.3, -0.25) is 4.90 Å². The van der Waals surface area contributed by atoms with Crippen LogP contribution in [0.2, 0.25) is 5.02 Å². The van der Waals surface area contributed by atoms with E-state index in [1.807, 2.05) is 18.2 Å². The van der Waals surface area contributed by atoms with E-state index in [4.69, 9.17) is 22.1 Å². The first-order chi connectivity index (χ1) is 10.2. The van der Waals surface area contributed by atoms with Gasteiger partial charge in [0.1, 0.15) is 0 Å². The highest BCUT2D eigenvalue weighted by atomic mass is 35.5. The van der Waals surface area contributed by atoms with Gasteiger partial charge in [-0.05, 0) is 18.6 Å². The van der Waals surface area contributed by atoms with Crippen LogP contribution in [-0.2, 0) is 4.74 Å². The van der Waals surface area contributed by atoms with E-state index in [0.29, 0.717) is 12.0 Å². The number of piperazine rings is 1. The monoisotopic (exact) mass is 309 g/mol. The molecule has 4 nitrogen and oxygen atoms in total. The molecule has 2 heterocycles. The fourth-order valence-electron chi connectivity index (χ4n) is 3.21. The van der Waals surface area contributed by atoms with Gasteiger partial charge in [-0.15, -0.1) is 0 Å². The summed E-state index contributed by atoms with van der Waals surface area (Å²) in [6.45, 7) is 6.85. The van der Waals surface area contributed by atoms with E-state index in [9.17, 15) is 0 Å². The van der Waals surface area contributed by atoms with Crippen LogP contribution in [0, 0.1) is 5.92 Å². The number of benzene rings is 1. The van der Waals surface area contributed by atoms with Gasteiger partial charge in [0.05, 0.1) is 17.3 Å². The first-order valence-corrected chi connectivity index (χ1v) is 8.17. The van der Waals surface area contributed by atoms with E-state index in [1.54, 1.807) is 0 Å². The molecule has 0 amide bonds. The first-order valence-electron chi connectivity index (χ1n) is 7.79. The lowest BCUT2D eigenvalue weighted by Gasteiger charge is -2.39. The van der Waals surface area contributed by atoms with Gasteiger partial charge in [-0.1, -0.05) is 23.7 Å². The van der Waals surface area contributed by atoms with Gasteiger partial charge in [-0.25, -0.2) is 0 Å². The first kappa shape index (κ1) is 15.1. The molecular formula is C16H24ClN3O. The van der Waals surface area contributed by atoms with Crippen molar-refractivity contribution in [1.82, 2.24) is 4.90 Å². The van der Waals surface area contributed by atoms with Gasteiger partial charge in [0, 0.05) is 51.3 Å². The minimum Gasteiger partial charge on any atom is -0.381 e. The normalized spacial score (nSPS) is 27.8. The Hall–Kier alpha value is -0.810. The number of anilines is 1. The molecule has 21 heavy (non-hydrogen) atoms. The largest absolute Gasteiger partial charge is 0.381 e. The van der Waals surface area contributed by atoms with E-state index in [2.05, 4.69) is 15.9 Å². The molecule has 2 aliphatic rings. The second-order valence-electron chi connectivity index (χ2n) is 6.03. The van der Waals surface area contributed by atoms with Gasteiger partial charge in [-0.2, -0.15) is 0 Å². The summed E-state index contributed by atoms with van der Waals surface area (Å²) in [6.07, 6.45) is 0.990. The second-order valence-corrected chi connectivity index (χ2v) is 6.43. The topological polar surface area (TPSA) is 41.7 Å². The van der Waals surface area contributed by atoms with Crippen LogP contribution in [0.5, 0.6) is 0 Å². The molecule has 0 bridgehead atoms. The molecule has 1 aromatic rings. The lowest BCUT2D eigenvalue weighted by molar-refractivity contribution is 0.0253. The smallest absolute Gasteiger partial charge is 0.0639 e. The summed E-state index contributed by atoms with van der Waals surface area (Å²) < 4.78 is 5.57. The molecule has 3 rings (SSSR count). The van der Waals surface area contributed by atoms with Crippen molar-refractivity contribution < 1.29 is 4.74 Å². The van der Waals surface area contributed by atoms with Gasteiger partial charge in [0.15, 0.2) is 0 Å². The van der Waals surface area contributed by atoms with Crippen molar-refractivity contribution in [3.63, 3.8) is 0 Å². The van der Waals surface area contributed by atoms with Crippen LogP contribution in [0.3, 0.4) is 0 Å². The third-order valence-electron chi connectivity index (χ3n) is 4.59. The molecule has 0 aromatic heterocycles. The standard InChI is InChI=1S/C16H24ClN3O/c17-14-3-1-2-4-16(14)20-8-6-19(7-9-20)11-13-12-21-10-5-15(13)18/h1-4,13,15H,5-12,18H2. The third-order valence-corrected chi connectivity index (χ3v) is 4.91. The Morgan fingerprint density at radius 3 is 2.67 bits per heavy atom. The SMILES string of the molecule is NC1CCOCC1CN1CCN(c2ccccc2Cl)CC1. The van der Waals surface area contributed by atoms with Crippen molar-refractivity contribution in [2.75, 3.05) is 50.8 Å². The molecule has 2 aliphatic heterocycles. The van der Waals surface area contributed by atoms with E-state index in [0.717, 1.165) is 63.1 Å². The summed E-state index contributed by atoms with van der Waals surface area (Å²) >= 11 is 6.28. The molecular weight excluding hydrogens is 286 g/mol. The molecule has 2 fully saturated rings. The highest BCUT2D eigenvalue weighted by Crippen LogP contribution is 2.26. The molecule has 0 saturated carbocycles. The lowest BCUT2D eigenvalue weighted by Crippen LogP contribution is -2.51. The van der Waals surface area contributed by atoms with Crippen LogP contribution in [0.25, 0.3) is 0 Å². The maximum Gasteiger partial charge on any atom is 0.0639 e. The van der Waals surface area contributed by atoms with E-state index >= 15 is 0 Å². The summed E-state index contributed by atoms with van der Waals surface area (Å²) in [5.41, 5.74) is 7.35. The van der Waals surface area contributed by atoms with Crippen molar-refractivity contribution >= 4 is 17.3 Å². The van der Waals surface area contributed by atoms with Gasteiger partial charge in [0.2, 0.25) is 0 Å². The van der Waals surface area contributed by atoms with Crippen molar-refractivity contribution in [2.24, 2.45) is 11.7 Å². The van der Waals surface area contributed by atoms with Crippen molar-refractivity contribution in [3.8, 4) is 0 Å².